The zero-order valence-corrected chi connectivity index (χ0v) is 16.5. The third-order valence-electron chi connectivity index (χ3n) is 4.74. The van der Waals surface area contributed by atoms with Crippen molar-refractivity contribution in [3.05, 3.63) is 102 Å². The number of carbonyl (C=O) groups excluding carboxylic acids is 2. The van der Waals surface area contributed by atoms with Crippen molar-refractivity contribution in [3.8, 4) is 0 Å². The Hall–Kier alpha value is -3.47. The smallest absolute Gasteiger partial charge is 0.243 e. The maximum Gasteiger partial charge on any atom is 0.243 e. The Morgan fingerprint density at radius 1 is 0.897 bits per heavy atom. The predicted molar refractivity (Wildman–Crippen MR) is 113 cm³/mol. The van der Waals surface area contributed by atoms with E-state index < -0.39 is 6.04 Å². The highest BCUT2D eigenvalue weighted by Gasteiger charge is 2.28. The molecule has 0 aliphatic rings. The van der Waals surface area contributed by atoms with Gasteiger partial charge in [0.15, 0.2) is 0 Å². The van der Waals surface area contributed by atoms with Gasteiger partial charge in [-0.2, -0.15) is 0 Å². The Labute approximate surface area is 171 Å². The predicted octanol–water partition coefficient (Wildman–Crippen LogP) is 3.36. The fourth-order valence-corrected chi connectivity index (χ4v) is 3.21. The fourth-order valence-electron chi connectivity index (χ4n) is 3.21. The molecule has 148 valence electrons. The Kier molecular flexibility index (Phi) is 7.11. The Balaban J connectivity index is 1.81. The molecule has 0 saturated heterocycles. The van der Waals surface area contributed by atoms with Gasteiger partial charge < -0.3 is 10.2 Å². The summed E-state index contributed by atoms with van der Waals surface area (Å²) < 4.78 is 0. The van der Waals surface area contributed by atoms with Gasteiger partial charge in [0, 0.05) is 38.8 Å². The molecule has 29 heavy (non-hydrogen) atoms. The minimum absolute atomic E-state index is 0.133. The molecule has 3 aromatic rings. The van der Waals surface area contributed by atoms with Crippen molar-refractivity contribution in [1.82, 2.24) is 15.2 Å². The van der Waals surface area contributed by atoms with Crippen LogP contribution in [0.2, 0.25) is 0 Å². The molecular weight excluding hydrogens is 362 g/mol. The van der Waals surface area contributed by atoms with Crippen molar-refractivity contribution in [3.63, 3.8) is 0 Å². The molecule has 5 heteroatoms. The highest BCUT2D eigenvalue weighted by molar-refractivity contribution is 5.87. The van der Waals surface area contributed by atoms with Gasteiger partial charge in [0.25, 0.3) is 0 Å². The Bertz CT molecular complexity index is 915. The molecule has 0 bridgehead atoms. The molecule has 1 N–H and O–H groups in total. The largest absolute Gasteiger partial charge is 0.350 e. The lowest BCUT2D eigenvalue weighted by atomic mass is 10.0. The van der Waals surface area contributed by atoms with E-state index in [-0.39, 0.29) is 11.8 Å². The first-order valence-corrected chi connectivity index (χ1v) is 9.65. The lowest BCUT2D eigenvalue weighted by Crippen LogP contribution is -2.49. The van der Waals surface area contributed by atoms with E-state index in [1.165, 1.54) is 6.92 Å². The summed E-state index contributed by atoms with van der Waals surface area (Å²) in [5.41, 5.74) is 2.91. The number of pyridine rings is 1. The van der Waals surface area contributed by atoms with Gasteiger partial charge in [-0.25, -0.2) is 0 Å². The Morgan fingerprint density at radius 3 is 2.10 bits per heavy atom. The highest BCUT2D eigenvalue weighted by Crippen LogP contribution is 2.15. The van der Waals surface area contributed by atoms with Crippen molar-refractivity contribution in [2.75, 3.05) is 0 Å². The normalized spacial score (nSPS) is 11.5. The van der Waals surface area contributed by atoms with E-state index in [9.17, 15) is 9.59 Å². The van der Waals surface area contributed by atoms with Gasteiger partial charge >= 0.3 is 0 Å². The molecule has 2 amide bonds. The van der Waals surface area contributed by atoms with E-state index in [0.717, 1.165) is 16.7 Å². The quantitative estimate of drug-likeness (QED) is 0.645. The van der Waals surface area contributed by atoms with Gasteiger partial charge in [0.1, 0.15) is 6.04 Å². The van der Waals surface area contributed by atoms with Crippen molar-refractivity contribution >= 4 is 11.8 Å². The zero-order valence-electron chi connectivity index (χ0n) is 16.5. The van der Waals surface area contributed by atoms with Crippen LogP contribution in [-0.4, -0.2) is 27.7 Å². The summed E-state index contributed by atoms with van der Waals surface area (Å²) in [6.07, 6.45) is 3.87. The van der Waals surface area contributed by atoms with E-state index in [1.54, 1.807) is 17.3 Å². The number of rotatable bonds is 8. The first kappa shape index (κ1) is 20.3. The van der Waals surface area contributed by atoms with Gasteiger partial charge in [-0.1, -0.05) is 66.7 Å². The number of carbonyl (C=O) groups is 2. The average Bonchev–Trinajstić information content (AvgIpc) is 2.76. The molecule has 0 radical (unpaired) electrons. The maximum atomic E-state index is 13.1. The third kappa shape index (κ3) is 6.01. The number of hydrogen-bond acceptors (Lipinski definition) is 3. The zero-order chi connectivity index (χ0) is 20.5. The molecule has 0 aliphatic carbocycles. The molecule has 1 aromatic heterocycles. The van der Waals surface area contributed by atoms with Crippen LogP contribution in [0.3, 0.4) is 0 Å². The number of hydrogen-bond donors (Lipinski definition) is 1. The van der Waals surface area contributed by atoms with Crippen LogP contribution in [-0.2, 0) is 29.1 Å². The SMILES string of the molecule is CC(=O)N(Cc1ccccc1)C(Cc1ccccc1)C(=O)NCc1cccnc1. The molecule has 3 rings (SSSR count). The summed E-state index contributed by atoms with van der Waals surface area (Å²) in [7, 11) is 0. The van der Waals surface area contributed by atoms with Crippen LogP contribution in [0.15, 0.2) is 85.2 Å². The van der Waals surface area contributed by atoms with Crippen LogP contribution in [0, 0.1) is 0 Å². The summed E-state index contributed by atoms with van der Waals surface area (Å²) in [6, 6.07) is 22.6. The summed E-state index contributed by atoms with van der Waals surface area (Å²) >= 11 is 0. The minimum atomic E-state index is -0.605. The molecule has 0 fully saturated rings. The molecular formula is C24H25N3O2. The number of nitrogens with zero attached hydrogens (tertiary/aromatic N) is 2. The average molecular weight is 387 g/mol. The molecule has 0 spiro atoms. The standard InChI is InChI=1S/C24H25N3O2/c1-19(28)27(18-21-11-6-3-7-12-21)23(15-20-9-4-2-5-10-20)24(29)26-17-22-13-8-14-25-16-22/h2-14,16,23H,15,17-18H2,1H3,(H,26,29). The van der Waals surface area contributed by atoms with E-state index in [0.29, 0.717) is 19.5 Å². The van der Waals surface area contributed by atoms with Crippen LogP contribution in [0.25, 0.3) is 0 Å². The maximum absolute atomic E-state index is 13.1. The second-order valence-corrected chi connectivity index (χ2v) is 6.92. The lowest BCUT2D eigenvalue weighted by Gasteiger charge is -2.30. The van der Waals surface area contributed by atoms with Crippen molar-refractivity contribution in [1.29, 1.82) is 0 Å². The molecule has 2 aromatic carbocycles. The molecule has 0 saturated carbocycles. The van der Waals surface area contributed by atoms with Crippen molar-refractivity contribution in [2.24, 2.45) is 0 Å². The van der Waals surface area contributed by atoms with Crippen LogP contribution in [0.4, 0.5) is 0 Å². The van der Waals surface area contributed by atoms with Crippen LogP contribution in [0.1, 0.15) is 23.6 Å². The highest BCUT2D eigenvalue weighted by atomic mass is 16.2. The summed E-state index contributed by atoms with van der Waals surface area (Å²) in [4.78, 5) is 31.3. The van der Waals surface area contributed by atoms with Gasteiger partial charge in [-0.3, -0.25) is 14.6 Å². The van der Waals surface area contributed by atoms with Gasteiger partial charge in [0.2, 0.25) is 11.8 Å². The topological polar surface area (TPSA) is 62.3 Å². The number of aromatic nitrogens is 1. The minimum Gasteiger partial charge on any atom is -0.350 e. The van der Waals surface area contributed by atoms with Crippen molar-refractivity contribution in [2.45, 2.75) is 32.5 Å². The van der Waals surface area contributed by atoms with Gasteiger partial charge in [-0.05, 0) is 22.8 Å². The number of amides is 2. The first-order chi connectivity index (χ1) is 14.1. The summed E-state index contributed by atoms with van der Waals surface area (Å²) in [6.45, 7) is 2.26. The monoisotopic (exact) mass is 387 g/mol. The molecule has 1 heterocycles. The molecule has 5 nitrogen and oxygen atoms in total. The van der Waals surface area contributed by atoms with E-state index in [1.807, 2.05) is 72.8 Å². The molecule has 0 aliphatic heterocycles. The van der Waals surface area contributed by atoms with E-state index >= 15 is 0 Å². The van der Waals surface area contributed by atoms with Gasteiger partial charge in [-0.15, -0.1) is 0 Å². The second-order valence-electron chi connectivity index (χ2n) is 6.92. The van der Waals surface area contributed by atoms with E-state index in [4.69, 9.17) is 0 Å². The van der Waals surface area contributed by atoms with E-state index in [2.05, 4.69) is 10.3 Å². The summed E-state index contributed by atoms with van der Waals surface area (Å²) in [5, 5.41) is 2.97. The van der Waals surface area contributed by atoms with Crippen LogP contribution < -0.4 is 5.32 Å². The van der Waals surface area contributed by atoms with Crippen LogP contribution in [0.5, 0.6) is 0 Å². The second kappa shape index (κ2) is 10.2. The van der Waals surface area contributed by atoms with Crippen molar-refractivity contribution < 1.29 is 9.59 Å². The number of benzene rings is 2. The van der Waals surface area contributed by atoms with Gasteiger partial charge in [0.05, 0.1) is 0 Å². The summed E-state index contributed by atoms with van der Waals surface area (Å²) in [5.74, 6) is -0.310. The lowest BCUT2D eigenvalue weighted by molar-refractivity contribution is -0.139. The Morgan fingerprint density at radius 2 is 1.52 bits per heavy atom. The molecule has 1 atom stereocenters. The molecule has 1 unspecified atom stereocenters. The van der Waals surface area contributed by atoms with Crippen LogP contribution >= 0.6 is 0 Å². The third-order valence-corrected chi connectivity index (χ3v) is 4.74. The number of nitrogens with one attached hydrogen (secondary N) is 1. The first-order valence-electron chi connectivity index (χ1n) is 9.65. The fraction of sp³-hybridized carbons (Fsp3) is 0.208.